The fourth-order valence-electron chi connectivity index (χ4n) is 1.85. The van der Waals surface area contributed by atoms with E-state index in [-0.39, 0.29) is 0 Å². The number of aromatic hydroxyl groups is 1. The normalized spacial score (nSPS) is 10.6. The molecule has 0 saturated heterocycles. The van der Waals surface area contributed by atoms with Crippen LogP contribution in [0.1, 0.15) is 19.8 Å². The van der Waals surface area contributed by atoms with Gasteiger partial charge in [-0.05, 0) is 18.6 Å². The molecular weight excluding hydrogens is 198 g/mol. The summed E-state index contributed by atoms with van der Waals surface area (Å²) in [6.07, 6.45) is 2.35. The van der Waals surface area contributed by atoms with Crippen LogP contribution in [0.4, 0.5) is 5.69 Å². The molecule has 0 unspecified atom stereocenters. The van der Waals surface area contributed by atoms with Crippen LogP contribution in [0.2, 0.25) is 0 Å². The van der Waals surface area contributed by atoms with Crippen molar-refractivity contribution in [3.05, 3.63) is 36.4 Å². The minimum Gasteiger partial charge on any atom is -0.507 e. The van der Waals surface area contributed by atoms with Gasteiger partial charge in [-0.3, -0.25) is 0 Å². The van der Waals surface area contributed by atoms with Crippen LogP contribution in [0, 0.1) is 0 Å². The summed E-state index contributed by atoms with van der Waals surface area (Å²) in [6, 6.07) is 11.6. The lowest BCUT2D eigenvalue weighted by molar-refractivity contribution is 0.481. The highest BCUT2D eigenvalue weighted by Crippen LogP contribution is 2.29. The molecular formula is C14H17NO. The number of phenols is 1. The maximum Gasteiger partial charge on any atom is 0.123 e. The first-order valence-corrected chi connectivity index (χ1v) is 5.77. The van der Waals surface area contributed by atoms with Gasteiger partial charge in [-0.25, -0.2) is 0 Å². The van der Waals surface area contributed by atoms with Crippen LogP contribution >= 0.6 is 0 Å². The number of fused-ring (bicyclic) bond motifs is 1. The van der Waals surface area contributed by atoms with Gasteiger partial charge in [0.1, 0.15) is 5.75 Å². The minimum absolute atomic E-state index is 0.344. The average Bonchev–Trinajstić information content (AvgIpc) is 2.31. The molecule has 0 aromatic heterocycles. The van der Waals surface area contributed by atoms with E-state index in [0.29, 0.717) is 5.75 Å². The first kappa shape index (κ1) is 10.8. The van der Waals surface area contributed by atoms with Gasteiger partial charge in [0, 0.05) is 23.0 Å². The molecule has 0 saturated carbocycles. The first-order chi connectivity index (χ1) is 7.83. The summed E-state index contributed by atoms with van der Waals surface area (Å²) >= 11 is 0. The van der Waals surface area contributed by atoms with E-state index in [4.69, 9.17) is 0 Å². The predicted molar refractivity (Wildman–Crippen MR) is 69.0 cm³/mol. The molecule has 16 heavy (non-hydrogen) atoms. The lowest BCUT2D eigenvalue weighted by atomic mass is 10.1. The van der Waals surface area contributed by atoms with Crippen molar-refractivity contribution in [1.29, 1.82) is 0 Å². The minimum atomic E-state index is 0.344. The molecule has 0 fully saturated rings. The second-order valence-corrected chi connectivity index (χ2v) is 3.96. The van der Waals surface area contributed by atoms with Crippen molar-refractivity contribution in [2.45, 2.75) is 19.8 Å². The Morgan fingerprint density at radius 3 is 2.62 bits per heavy atom. The van der Waals surface area contributed by atoms with Crippen LogP contribution in [0.15, 0.2) is 36.4 Å². The molecule has 0 bridgehead atoms. The van der Waals surface area contributed by atoms with Crippen molar-refractivity contribution in [1.82, 2.24) is 0 Å². The standard InChI is InChI=1S/C14H17NO/c1-2-3-10-15-13-8-4-7-12-11(13)6-5-9-14(12)16/h4-9,15-16H,2-3,10H2,1H3. The SMILES string of the molecule is CCCCNc1cccc2c(O)cccc12. The largest absolute Gasteiger partial charge is 0.507 e. The molecule has 0 aliphatic heterocycles. The summed E-state index contributed by atoms with van der Waals surface area (Å²) in [5.74, 6) is 0.344. The number of phenolic OH excluding ortho intramolecular Hbond substituents is 1. The Kier molecular flexibility index (Phi) is 3.30. The smallest absolute Gasteiger partial charge is 0.123 e. The molecule has 0 aliphatic carbocycles. The molecule has 2 aromatic carbocycles. The van der Waals surface area contributed by atoms with E-state index >= 15 is 0 Å². The summed E-state index contributed by atoms with van der Waals surface area (Å²) < 4.78 is 0. The average molecular weight is 215 g/mol. The van der Waals surface area contributed by atoms with Gasteiger partial charge in [0.2, 0.25) is 0 Å². The van der Waals surface area contributed by atoms with Gasteiger partial charge in [-0.1, -0.05) is 37.6 Å². The van der Waals surface area contributed by atoms with E-state index in [9.17, 15) is 5.11 Å². The Balaban J connectivity index is 2.34. The molecule has 0 spiro atoms. The van der Waals surface area contributed by atoms with Crippen LogP contribution in [0.3, 0.4) is 0 Å². The molecule has 2 heteroatoms. The maximum atomic E-state index is 9.74. The Morgan fingerprint density at radius 1 is 1.06 bits per heavy atom. The third kappa shape index (κ3) is 2.11. The zero-order chi connectivity index (χ0) is 11.4. The van der Waals surface area contributed by atoms with Crippen molar-refractivity contribution in [3.63, 3.8) is 0 Å². The Hall–Kier alpha value is -1.70. The van der Waals surface area contributed by atoms with Crippen LogP contribution in [-0.2, 0) is 0 Å². The molecule has 0 heterocycles. The quantitative estimate of drug-likeness (QED) is 0.761. The maximum absolute atomic E-state index is 9.74. The molecule has 0 atom stereocenters. The lowest BCUT2D eigenvalue weighted by Gasteiger charge is -2.09. The zero-order valence-corrected chi connectivity index (χ0v) is 9.53. The van der Waals surface area contributed by atoms with Crippen LogP contribution in [-0.4, -0.2) is 11.7 Å². The number of unbranched alkanes of at least 4 members (excludes halogenated alkanes) is 1. The number of rotatable bonds is 4. The Labute approximate surface area is 95.9 Å². The van der Waals surface area contributed by atoms with Crippen molar-refractivity contribution in [3.8, 4) is 5.75 Å². The molecule has 2 rings (SSSR count). The van der Waals surface area contributed by atoms with Gasteiger partial charge in [0.05, 0.1) is 0 Å². The number of benzene rings is 2. The number of nitrogens with one attached hydrogen (secondary N) is 1. The van der Waals surface area contributed by atoms with E-state index < -0.39 is 0 Å². The fraction of sp³-hybridized carbons (Fsp3) is 0.286. The lowest BCUT2D eigenvalue weighted by Crippen LogP contribution is -2.01. The highest BCUT2D eigenvalue weighted by atomic mass is 16.3. The van der Waals surface area contributed by atoms with Gasteiger partial charge in [-0.15, -0.1) is 0 Å². The van der Waals surface area contributed by atoms with E-state index in [0.717, 1.165) is 29.4 Å². The van der Waals surface area contributed by atoms with Crippen molar-refractivity contribution < 1.29 is 5.11 Å². The van der Waals surface area contributed by atoms with Crippen molar-refractivity contribution >= 4 is 16.5 Å². The zero-order valence-electron chi connectivity index (χ0n) is 9.53. The summed E-state index contributed by atoms with van der Waals surface area (Å²) in [7, 11) is 0. The first-order valence-electron chi connectivity index (χ1n) is 5.77. The molecule has 2 N–H and O–H groups in total. The number of hydrogen-bond acceptors (Lipinski definition) is 2. The van der Waals surface area contributed by atoms with E-state index in [1.807, 2.05) is 24.3 Å². The van der Waals surface area contributed by atoms with Gasteiger partial charge in [-0.2, -0.15) is 0 Å². The molecule has 84 valence electrons. The number of anilines is 1. The predicted octanol–water partition coefficient (Wildman–Crippen LogP) is 3.76. The second kappa shape index (κ2) is 4.88. The molecule has 0 amide bonds. The van der Waals surface area contributed by atoms with Gasteiger partial charge in [0.15, 0.2) is 0 Å². The summed E-state index contributed by atoms with van der Waals surface area (Å²) in [6.45, 7) is 3.15. The third-order valence-electron chi connectivity index (χ3n) is 2.74. The molecule has 0 aliphatic rings. The van der Waals surface area contributed by atoms with Crippen molar-refractivity contribution in [2.75, 3.05) is 11.9 Å². The van der Waals surface area contributed by atoms with Crippen molar-refractivity contribution in [2.24, 2.45) is 0 Å². The van der Waals surface area contributed by atoms with E-state index in [2.05, 4.69) is 18.3 Å². The second-order valence-electron chi connectivity index (χ2n) is 3.96. The highest BCUT2D eigenvalue weighted by Gasteiger charge is 2.02. The molecule has 2 nitrogen and oxygen atoms in total. The van der Waals surface area contributed by atoms with Gasteiger partial charge in [0.25, 0.3) is 0 Å². The van der Waals surface area contributed by atoms with Gasteiger partial charge >= 0.3 is 0 Å². The topological polar surface area (TPSA) is 32.3 Å². The third-order valence-corrected chi connectivity index (χ3v) is 2.74. The fourth-order valence-corrected chi connectivity index (χ4v) is 1.85. The highest BCUT2D eigenvalue weighted by molar-refractivity contribution is 5.97. The van der Waals surface area contributed by atoms with E-state index in [1.54, 1.807) is 6.07 Å². The number of hydrogen-bond donors (Lipinski definition) is 2. The van der Waals surface area contributed by atoms with Gasteiger partial charge < -0.3 is 10.4 Å². The van der Waals surface area contributed by atoms with Crippen LogP contribution < -0.4 is 5.32 Å². The molecule has 0 radical (unpaired) electrons. The summed E-state index contributed by atoms with van der Waals surface area (Å²) in [5.41, 5.74) is 1.10. The van der Waals surface area contributed by atoms with E-state index in [1.165, 1.54) is 6.42 Å². The summed E-state index contributed by atoms with van der Waals surface area (Å²) in [5, 5.41) is 15.1. The Bertz CT molecular complexity index is 479. The Morgan fingerprint density at radius 2 is 1.81 bits per heavy atom. The van der Waals surface area contributed by atoms with Crippen LogP contribution in [0.25, 0.3) is 10.8 Å². The summed E-state index contributed by atoms with van der Waals surface area (Å²) in [4.78, 5) is 0. The molecule has 2 aromatic rings. The monoisotopic (exact) mass is 215 g/mol. The van der Waals surface area contributed by atoms with Crippen LogP contribution in [0.5, 0.6) is 5.75 Å².